The topological polar surface area (TPSA) is 24.1 Å². The predicted octanol–water partition coefficient (Wildman–Crippen LogP) is 4.86. The smallest absolute Gasteiger partial charge is 0.171 e. The third-order valence-electron chi connectivity index (χ3n) is 3.61. The van der Waals surface area contributed by atoms with E-state index in [1.54, 1.807) is 12.1 Å². The Labute approximate surface area is 129 Å². The summed E-state index contributed by atoms with van der Waals surface area (Å²) in [6.07, 6.45) is 5.04. The summed E-state index contributed by atoms with van der Waals surface area (Å²) in [5.74, 6) is 0.661. The standard InChI is InChI=1S/C14H18Cl2N2S/c1-9-4-2-3-5-12(9)17-14(19)18-13-7-6-10(15)8-11(13)16/h6-9,12H,2-5H2,1H3,(H2,17,18,19)/t9-,12+/m1/s1. The fourth-order valence-electron chi connectivity index (χ4n) is 2.45. The number of anilines is 1. The van der Waals surface area contributed by atoms with Gasteiger partial charge in [-0.25, -0.2) is 0 Å². The van der Waals surface area contributed by atoms with Crippen molar-refractivity contribution in [1.29, 1.82) is 0 Å². The maximum Gasteiger partial charge on any atom is 0.171 e. The van der Waals surface area contributed by atoms with Crippen molar-refractivity contribution in [2.75, 3.05) is 5.32 Å². The van der Waals surface area contributed by atoms with E-state index >= 15 is 0 Å². The molecular weight excluding hydrogens is 299 g/mol. The Bertz CT molecular complexity index is 465. The summed E-state index contributed by atoms with van der Waals surface area (Å²) in [6, 6.07) is 5.79. The van der Waals surface area contributed by atoms with Crippen LogP contribution < -0.4 is 10.6 Å². The first-order valence-electron chi connectivity index (χ1n) is 6.59. The molecule has 2 rings (SSSR count). The van der Waals surface area contributed by atoms with Gasteiger partial charge in [0.1, 0.15) is 0 Å². The number of thiocarbonyl (C=S) groups is 1. The van der Waals surface area contributed by atoms with Gasteiger partial charge in [-0.1, -0.05) is 43.0 Å². The van der Waals surface area contributed by atoms with Gasteiger partial charge in [0.2, 0.25) is 0 Å². The van der Waals surface area contributed by atoms with Crippen molar-refractivity contribution in [3.05, 3.63) is 28.2 Å². The molecule has 19 heavy (non-hydrogen) atoms. The lowest BCUT2D eigenvalue weighted by molar-refractivity contribution is 0.309. The van der Waals surface area contributed by atoms with E-state index in [4.69, 9.17) is 35.4 Å². The Morgan fingerprint density at radius 1 is 1.26 bits per heavy atom. The van der Waals surface area contributed by atoms with Gasteiger partial charge in [-0.2, -0.15) is 0 Å². The second-order valence-corrected chi connectivity index (χ2v) is 6.34. The van der Waals surface area contributed by atoms with Gasteiger partial charge in [0, 0.05) is 11.1 Å². The van der Waals surface area contributed by atoms with E-state index in [-0.39, 0.29) is 0 Å². The van der Waals surface area contributed by atoms with Crippen molar-refractivity contribution in [2.45, 2.75) is 38.6 Å². The summed E-state index contributed by atoms with van der Waals surface area (Å²) in [6.45, 7) is 2.27. The number of hydrogen-bond donors (Lipinski definition) is 2. The van der Waals surface area contributed by atoms with Gasteiger partial charge in [0.05, 0.1) is 10.7 Å². The highest BCUT2D eigenvalue weighted by atomic mass is 35.5. The van der Waals surface area contributed by atoms with Crippen LogP contribution in [-0.4, -0.2) is 11.2 Å². The lowest BCUT2D eigenvalue weighted by Crippen LogP contribution is -2.43. The molecule has 2 atom stereocenters. The van der Waals surface area contributed by atoms with E-state index in [1.807, 2.05) is 6.07 Å². The van der Waals surface area contributed by atoms with Crippen LogP contribution in [0.15, 0.2) is 18.2 Å². The average Bonchev–Trinajstić information content (AvgIpc) is 2.36. The van der Waals surface area contributed by atoms with Crippen molar-refractivity contribution >= 4 is 46.2 Å². The second kappa shape index (κ2) is 6.78. The average molecular weight is 317 g/mol. The minimum atomic E-state index is 0.458. The highest BCUT2D eigenvalue weighted by Crippen LogP contribution is 2.26. The Morgan fingerprint density at radius 2 is 2.00 bits per heavy atom. The molecule has 5 heteroatoms. The lowest BCUT2D eigenvalue weighted by atomic mass is 9.86. The van der Waals surface area contributed by atoms with Crippen LogP contribution in [0.5, 0.6) is 0 Å². The van der Waals surface area contributed by atoms with Crippen molar-refractivity contribution in [2.24, 2.45) is 5.92 Å². The van der Waals surface area contributed by atoms with Gasteiger partial charge in [-0.15, -0.1) is 0 Å². The van der Waals surface area contributed by atoms with E-state index in [9.17, 15) is 0 Å². The van der Waals surface area contributed by atoms with Crippen LogP contribution in [0, 0.1) is 5.92 Å². The quantitative estimate of drug-likeness (QED) is 0.762. The molecule has 0 bridgehead atoms. The first-order chi connectivity index (χ1) is 9.06. The van der Waals surface area contributed by atoms with Crippen molar-refractivity contribution in [3.8, 4) is 0 Å². The van der Waals surface area contributed by atoms with E-state index < -0.39 is 0 Å². The van der Waals surface area contributed by atoms with Gasteiger partial charge >= 0.3 is 0 Å². The summed E-state index contributed by atoms with van der Waals surface area (Å²) in [7, 11) is 0. The maximum absolute atomic E-state index is 6.11. The molecule has 0 aliphatic heterocycles. The molecule has 0 amide bonds. The summed E-state index contributed by atoms with van der Waals surface area (Å²) in [5.41, 5.74) is 0.784. The SMILES string of the molecule is C[C@@H]1CCCC[C@@H]1NC(=S)Nc1ccc(Cl)cc1Cl. The molecule has 0 unspecified atom stereocenters. The zero-order chi connectivity index (χ0) is 13.8. The fraction of sp³-hybridized carbons (Fsp3) is 0.500. The van der Waals surface area contributed by atoms with Gasteiger partial charge in [-0.05, 0) is 49.2 Å². The van der Waals surface area contributed by atoms with E-state index in [2.05, 4.69) is 17.6 Å². The number of benzene rings is 1. The van der Waals surface area contributed by atoms with Crippen molar-refractivity contribution in [3.63, 3.8) is 0 Å². The van der Waals surface area contributed by atoms with Crippen molar-refractivity contribution < 1.29 is 0 Å². The lowest BCUT2D eigenvalue weighted by Gasteiger charge is -2.30. The first kappa shape index (κ1) is 14.9. The molecule has 0 radical (unpaired) electrons. The molecular formula is C14H18Cl2N2S. The zero-order valence-corrected chi connectivity index (χ0v) is 13.2. The van der Waals surface area contributed by atoms with Gasteiger partial charge in [0.25, 0.3) is 0 Å². The van der Waals surface area contributed by atoms with Crippen LogP contribution in [0.1, 0.15) is 32.6 Å². The normalized spacial score (nSPS) is 22.9. The van der Waals surface area contributed by atoms with Crippen LogP contribution in [0.4, 0.5) is 5.69 Å². The van der Waals surface area contributed by atoms with Crippen LogP contribution in [-0.2, 0) is 0 Å². The molecule has 0 heterocycles. The molecule has 1 aromatic rings. The third kappa shape index (κ3) is 4.23. The Balaban J connectivity index is 1.93. The Hall–Kier alpha value is -0.510. The summed E-state index contributed by atoms with van der Waals surface area (Å²) in [5, 5.41) is 8.35. The molecule has 1 saturated carbocycles. The summed E-state index contributed by atoms with van der Waals surface area (Å²) >= 11 is 17.3. The molecule has 0 spiro atoms. The van der Waals surface area contributed by atoms with E-state index in [0.29, 0.717) is 27.1 Å². The predicted molar refractivity (Wildman–Crippen MR) is 87.2 cm³/mol. The summed E-state index contributed by atoms with van der Waals surface area (Å²) in [4.78, 5) is 0. The fourth-order valence-corrected chi connectivity index (χ4v) is 3.17. The number of rotatable bonds is 2. The molecule has 1 aliphatic carbocycles. The Morgan fingerprint density at radius 3 is 2.68 bits per heavy atom. The second-order valence-electron chi connectivity index (χ2n) is 5.09. The van der Waals surface area contributed by atoms with Gasteiger partial charge < -0.3 is 10.6 Å². The molecule has 1 aliphatic rings. The van der Waals surface area contributed by atoms with Crippen LogP contribution >= 0.6 is 35.4 Å². The molecule has 2 nitrogen and oxygen atoms in total. The highest BCUT2D eigenvalue weighted by molar-refractivity contribution is 7.80. The first-order valence-corrected chi connectivity index (χ1v) is 7.75. The number of halogens is 2. The van der Waals surface area contributed by atoms with E-state index in [1.165, 1.54) is 25.7 Å². The van der Waals surface area contributed by atoms with E-state index in [0.717, 1.165) is 5.69 Å². The molecule has 104 valence electrons. The van der Waals surface area contributed by atoms with Crippen LogP contribution in [0.3, 0.4) is 0 Å². The Kier molecular flexibility index (Phi) is 5.31. The highest BCUT2D eigenvalue weighted by Gasteiger charge is 2.21. The maximum atomic E-state index is 6.11. The molecule has 0 aromatic heterocycles. The van der Waals surface area contributed by atoms with Crippen LogP contribution in [0.25, 0.3) is 0 Å². The van der Waals surface area contributed by atoms with Gasteiger partial charge in [-0.3, -0.25) is 0 Å². The monoisotopic (exact) mass is 316 g/mol. The number of nitrogens with one attached hydrogen (secondary N) is 2. The minimum Gasteiger partial charge on any atom is -0.359 e. The van der Waals surface area contributed by atoms with Gasteiger partial charge in [0.15, 0.2) is 5.11 Å². The van der Waals surface area contributed by atoms with Crippen molar-refractivity contribution in [1.82, 2.24) is 5.32 Å². The van der Waals surface area contributed by atoms with Crippen LogP contribution in [0.2, 0.25) is 10.0 Å². The minimum absolute atomic E-state index is 0.458. The molecule has 0 saturated heterocycles. The molecule has 1 fully saturated rings. The third-order valence-corrected chi connectivity index (χ3v) is 4.38. The molecule has 1 aromatic carbocycles. The zero-order valence-electron chi connectivity index (χ0n) is 10.9. The summed E-state index contributed by atoms with van der Waals surface area (Å²) < 4.78 is 0. The molecule has 2 N–H and O–H groups in total. The largest absolute Gasteiger partial charge is 0.359 e. The number of hydrogen-bond acceptors (Lipinski definition) is 1.